The van der Waals surface area contributed by atoms with Crippen LogP contribution in [0.1, 0.15) is 17.0 Å². The van der Waals surface area contributed by atoms with Gasteiger partial charge in [-0.05, 0) is 39.7 Å². The predicted octanol–water partition coefficient (Wildman–Crippen LogP) is 4.74. The van der Waals surface area contributed by atoms with Crippen LogP contribution in [0.3, 0.4) is 0 Å². The lowest BCUT2D eigenvalue weighted by Crippen LogP contribution is -2.11. The Labute approximate surface area is 131 Å². The smallest absolute Gasteiger partial charge is 0.133 e. The average molecular weight is 354 g/mol. The Morgan fingerprint density at radius 2 is 2.10 bits per heavy atom. The SMILES string of the molecule is ClCc1ccc(OCC2COc3ccccc32)c(Br)c1. The first kappa shape index (κ1) is 13.8. The van der Waals surface area contributed by atoms with Gasteiger partial charge in [0.15, 0.2) is 0 Å². The summed E-state index contributed by atoms with van der Waals surface area (Å²) in [5.41, 5.74) is 2.29. The van der Waals surface area contributed by atoms with Gasteiger partial charge in [0.2, 0.25) is 0 Å². The third kappa shape index (κ3) is 2.79. The number of benzene rings is 2. The van der Waals surface area contributed by atoms with Crippen LogP contribution in [0.15, 0.2) is 46.9 Å². The summed E-state index contributed by atoms with van der Waals surface area (Å²) in [6, 6.07) is 14.0. The zero-order chi connectivity index (χ0) is 13.9. The second-order valence-corrected chi connectivity index (χ2v) is 5.88. The van der Waals surface area contributed by atoms with Gasteiger partial charge in [0.25, 0.3) is 0 Å². The highest BCUT2D eigenvalue weighted by molar-refractivity contribution is 9.10. The molecule has 0 aromatic heterocycles. The Kier molecular flexibility index (Phi) is 4.18. The number of para-hydroxylation sites is 1. The highest BCUT2D eigenvalue weighted by Gasteiger charge is 2.24. The van der Waals surface area contributed by atoms with Gasteiger partial charge in [-0.15, -0.1) is 11.6 Å². The second-order valence-electron chi connectivity index (χ2n) is 4.76. The molecule has 4 heteroatoms. The first-order valence-electron chi connectivity index (χ1n) is 6.47. The molecular formula is C16H14BrClO2. The molecule has 104 valence electrons. The maximum atomic E-state index is 5.91. The minimum Gasteiger partial charge on any atom is -0.493 e. The number of fused-ring (bicyclic) bond motifs is 1. The molecule has 1 aliphatic rings. The van der Waals surface area contributed by atoms with E-state index in [0.29, 0.717) is 19.1 Å². The minimum absolute atomic E-state index is 0.283. The second kappa shape index (κ2) is 6.06. The zero-order valence-corrected chi connectivity index (χ0v) is 13.2. The molecule has 0 amide bonds. The van der Waals surface area contributed by atoms with Crippen molar-refractivity contribution in [3.8, 4) is 11.5 Å². The monoisotopic (exact) mass is 352 g/mol. The first-order valence-corrected chi connectivity index (χ1v) is 7.79. The molecule has 0 spiro atoms. The number of rotatable bonds is 4. The average Bonchev–Trinajstić information content (AvgIpc) is 2.89. The van der Waals surface area contributed by atoms with E-state index >= 15 is 0 Å². The standard InChI is InChI=1S/C16H14BrClO2/c17-14-7-11(8-18)5-6-16(14)20-10-12-9-19-15-4-2-1-3-13(12)15/h1-7,12H,8-10H2. The van der Waals surface area contributed by atoms with Gasteiger partial charge in [0, 0.05) is 11.4 Å². The summed E-state index contributed by atoms with van der Waals surface area (Å²) in [6.45, 7) is 1.28. The van der Waals surface area contributed by atoms with Gasteiger partial charge in [0.05, 0.1) is 23.6 Å². The summed E-state index contributed by atoms with van der Waals surface area (Å²) in [7, 11) is 0. The Bertz CT molecular complexity index is 615. The van der Waals surface area contributed by atoms with Crippen molar-refractivity contribution in [1.82, 2.24) is 0 Å². The first-order chi connectivity index (χ1) is 9.78. The van der Waals surface area contributed by atoms with Gasteiger partial charge < -0.3 is 9.47 Å². The molecule has 0 saturated heterocycles. The maximum absolute atomic E-state index is 5.91. The van der Waals surface area contributed by atoms with Crippen molar-refractivity contribution in [3.63, 3.8) is 0 Å². The molecule has 1 aliphatic heterocycles. The van der Waals surface area contributed by atoms with E-state index in [9.17, 15) is 0 Å². The summed E-state index contributed by atoms with van der Waals surface area (Å²) in [5, 5.41) is 0. The van der Waals surface area contributed by atoms with Crippen molar-refractivity contribution < 1.29 is 9.47 Å². The van der Waals surface area contributed by atoms with Crippen molar-refractivity contribution >= 4 is 27.5 Å². The van der Waals surface area contributed by atoms with E-state index in [1.807, 2.05) is 36.4 Å². The van der Waals surface area contributed by atoms with Crippen molar-refractivity contribution in [2.45, 2.75) is 11.8 Å². The van der Waals surface area contributed by atoms with Crippen LogP contribution in [0.2, 0.25) is 0 Å². The summed E-state index contributed by atoms with van der Waals surface area (Å²) in [4.78, 5) is 0. The van der Waals surface area contributed by atoms with E-state index in [4.69, 9.17) is 21.1 Å². The normalized spacial score (nSPS) is 16.6. The molecule has 1 heterocycles. The van der Waals surface area contributed by atoms with E-state index in [1.165, 1.54) is 5.56 Å². The molecule has 0 aliphatic carbocycles. The molecular weight excluding hydrogens is 340 g/mol. The Hall–Kier alpha value is -1.19. The molecule has 0 saturated carbocycles. The van der Waals surface area contributed by atoms with Gasteiger partial charge in [0.1, 0.15) is 11.5 Å². The summed E-state index contributed by atoms with van der Waals surface area (Å²) in [5.74, 6) is 2.59. The van der Waals surface area contributed by atoms with Crippen molar-refractivity contribution in [2.75, 3.05) is 13.2 Å². The highest BCUT2D eigenvalue weighted by Crippen LogP contribution is 2.34. The van der Waals surface area contributed by atoms with Gasteiger partial charge in [-0.3, -0.25) is 0 Å². The van der Waals surface area contributed by atoms with Crippen LogP contribution < -0.4 is 9.47 Å². The molecule has 3 rings (SSSR count). The van der Waals surface area contributed by atoms with Crippen LogP contribution in [0.4, 0.5) is 0 Å². The van der Waals surface area contributed by atoms with Crippen molar-refractivity contribution in [3.05, 3.63) is 58.1 Å². The van der Waals surface area contributed by atoms with Gasteiger partial charge in [-0.25, -0.2) is 0 Å². The number of hydrogen-bond acceptors (Lipinski definition) is 2. The fourth-order valence-electron chi connectivity index (χ4n) is 2.30. The molecule has 1 unspecified atom stereocenters. The largest absolute Gasteiger partial charge is 0.493 e. The van der Waals surface area contributed by atoms with Crippen LogP contribution in [-0.2, 0) is 5.88 Å². The lowest BCUT2D eigenvalue weighted by molar-refractivity contribution is 0.247. The lowest BCUT2D eigenvalue weighted by atomic mass is 10.0. The Morgan fingerprint density at radius 1 is 1.25 bits per heavy atom. The molecule has 0 bridgehead atoms. The molecule has 0 fully saturated rings. The van der Waals surface area contributed by atoms with E-state index in [0.717, 1.165) is 21.5 Å². The summed E-state index contributed by atoms with van der Waals surface area (Å²) in [6.07, 6.45) is 0. The minimum atomic E-state index is 0.283. The van der Waals surface area contributed by atoms with Gasteiger partial charge in [-0.2, -0.15) is 0 Å². The van der Waals surface area contributed by atoms with Crippen LogP contribution in [0.5, 0.6) is 11.5 Å². The van der Waals surface area contributed by atoms with Crippen LogP contribution in [-0.4, -0.2) is 13.2 Å². The summed E-state index contributed by atoms with van der Waals surface area (Å²) >= 11 is 9.32. The topological polar surface area (TPSA) is 18.5 Å². The fourth-order valence-corrected chi connectivity index (χ4v) is 3.01. The van der Waals surface area contributed by atoms with Gasteiger partial charge in [-0.1, -0.05) is 24.3 Å². The Balaban J connectivity index is 1.69. The quantitative estimate of drug-likeness (QED) is 0.739. The number of halogens is 2. The van der Waals surface area contributed by atoms with Gasteiger partial charge >= 0.3 is 0 Å². The van der Waals surface area contributed by atoms with E-state index in [2.05, 4.69) is 22.0 Å². The molecule has 2 aromatic carbocycles. The number of ether oxygens (including phenoxy) is 2. The third-order valence-corrected chi connectivity index (χ3v) is 4.32. The van der Waals surface area contributed by atoms with E-state index < -0.39 is 0 Å². The van der Waals surface area contributed by atoms with Crippen LogP contribution in [0, 0.1) is 0 Å². The zero-order valence-electron chi connectivity index (χ0n) is 10.8. The van der Waals surface area contributed by atoms with Crippen molar-refractivity contribution in [2.24, 2.45) is 0 Å². The van der Waals surface area contributed by atoms with E-state index in [-0.39, 0.29) is 5.92 Å². The summed E-state index contributed by atoms with van der Waals surface area (Å²) < 4.78 is 12.5. The molecule has 2 aromatic rings. The lowest BCUT2D eigenvalue weighted by Gasteiger charge is -2.13. The maximum Gasteiger partial charge on any atom is 0.133 e. The molecule has 2 nitrogen and oxygen atoms in total. The number of hydrogen-bond donors (Lipinski definition) is 0. The third-order valence-electron chi connectivity index (χ3n) is 3.39. The molecule has 20 heavy (non-hydrogen) atoms. The molecule has 1 atom stereocenters. The number of alkyl halides is 1. The van der Waals surface area contributed by atoms with Crippen LogP contribution in [0.25, 0.3) is 0 Å². The predicted molar refractivity (Wildman–Crippen MR) is 83.9 cm³/mol. The van der Waals surface area contributed by atoms with E-state index in [1.54, 1.807) is 0 Å². The molecule has 0 N–H and O–H groups in total. The fraction of sp³-hybridized carbons (Fsp3) is 0.250. The molecule has 0 radical (unpaired) electrons. The Morgan fingerprint density at radius 3 is 2.90 bits per heavy atom. The highest BCUT2D eigenvalue weighted by atomic mass is 79.9. The van der Waals surface area contributed by atoms with Crippen molar-refractivity contribution in [1.29, 1.82) is 0 Å². The van der Waals surface area contributed by atoms with Crippen LogP contribution >= 0.6 is 27.5 Å².